The Labute approximate surface area is 247 Å². The Bertz CT molecular complexity index is 1460. The number of fused-ring (bicyclic) bond motifs is 5. The van der Waals surface area contributed by atoms with E-state index in [4.69, 9.17) is 9.47 Å². The fourth-order valence-electron chi connectivity index (χ4n) is 7.60. The molecule has 0 heterocycles. The molecule has 0 bridgehead atoms. The Balaban J connectivity index is 0.000000176. The number of phenolic OH excluding ortho intramolecular Hbond substituents is 3. The first-order valence-electron chi connectivity index (χ1n) is 14.9. The molecule has 3 aromatic rings. The molecule has 3 aliphatic rings. The summed E-state index contributed by atoms with van der Waals surface area (Å²) in [5.74, 6) is 2.05. The van der Waals surface area contributed by atoms with Crippen molar-refractivity contribution in [2.24, 2.45) is 17.3 Å². The van der Waals surface area contributed by atoms with E-state index in [-0.39, 0.29) is 40.1 Å². The Morgan fingerprint density at radius 3 is 2.38 bits per heavy atom. The summed E-state index contributed by atoms with van der Waals surface area (Å²) in [5.41, 5.74) is 3.22. The van der Waals surface area contributed by atoms with Gasteiger partial charge in [0.1, 0.15) is 29.1 Å². The number of ether oxygens (including phenoxy) is 2. The fourth-order valence-corrected chi connectivity index (χ4v) is 7.60. The molecular weight excluding hydrogens is 532 g/mol. The molecule has 7 heteroatoms. The summed E-state index contributed by atoms with van der Waals surface area (Å²) in [6, 6.07) is 16.5. The van der Waals surface area contributed by atoms with E-state index in [2.05, 4.69) is 13.0 Å². The molecule has 7 nitrogen and oxygen atoms in total. The van der Waals surface area contributed by atoms with Gasteiger partial charge in [0.25, 0.3) is 0 Å². The third-order valence-electron chi connectivity index (χ3n) is 9.78. The number of methoxy groups -OCH3 is 1. The van der Waals surface area contributed by atoms with E-state index < -0.39 is 5.78 Å². The monoisotopic (exact) mass is 572 g/mol. The van der Waals surface area contributed by atoms with Gasteiger partial charge < -0.3 is 24.8 Å². The zero-order chi connectivity index (χ0) is 30.0. The predicted molar refractivity (Wildman–Crippen MR) is 159 cm³/mol. The zero-order valence-corrected chi connectivity index (χ0v) is 24.5. The summed E-state index contributed by atoms with van der Waals surface area (Å²) in [6.45, 7) is 4.24. The number of benzene rings is 3. The summed E-state index contributed by atoms with van der Waals surface area (Å²) in [6.07, 6.45) is 7.38. The fraction of sp³-hybridized carbons (Fsp3) is 0.429. The van der Waals surface area contributed by atoms with Crippen molar-refractivity contribution in [3.8, 4) is 23.0 Å². The minimum absolute atomic E-state index is 0.0477. The largest absolute Gasteiger partial charge is 0.508 e. The number of hydrogen-bond donors (Lipinski definition) is 3. The number of aryl methyl sites for hydroxylation is 1. The van der Waals surface area contributed by atoms with Gasteiger partial charge in [-0.15, -0.1) is 0 Å². The molecule has 2 fully saturated rings. The molecule has 6 rings (SSSR count). The second-order valence-electron chi connectivity index (χ2n) is 12.0. The van der Waals surface area contributed by atoms with Crippen molar-refractivity contribution in [1.29, 1.82) is 0 Å². The van der Waals surface area contributed by atoms with Gasteiger partial charge in [0.05, 0.1) is 18.2 Å². The van der Waals surface area contributed by atoms with Gasteiger partial charge >= 0.3 is 5.97 Å². The van der Waals surface area contributed by atoms with Crippen molar-refractivity contribution >= 4 is 11.8 Å². The normalized spacial score (nSPS) is 25.6. The Hall–Kier alpha value is -4.00. The van der Waals surface area contributed by atoms with Crippen LogP contribution in [0.2, 0.25) is 0 Å². The van der Waals surface area contributed by atoms with Crippen molar-refractivity contribution in [2.45, 2.75) is 70.8 Å². The van der Waals surface area contributed by atoms with Crippen LogP contribution in [0.25, 0.3) is 0 Å². The molecule has 42 heavy (non-hydrogen) atoms. The first-order chi connectivity index (χ1) is 20.2. The van der Waals surface area contributed by atoms with Crippen LogP contribution in [-0.2, 0) is 16.0 Å². The Kier molecular flexibility index (Phi) is 8.48. The highest BCUT2D eigenvalue weighted by molar-refractivity contribution is 6.12. The SMILES string of the molecule is CCC(=O)OC1CCC2C3CCc4cc(O)ccc4C3CCC12C.COc1ccc(C(=O)c2ccccc2O)c(O)c1. The zero-order valence-electron chi connectivity index (χ0n) is 24.5. The van der Waals surface area contributed by atoms with Crippen LogP contribution in [0.1, 0.15) is 85.3 Å². The average Bonchev–Trinajstić information content (AvgIpc) is 3.32. The van der Waals surface area contributed by atoms with Crippen LogP contribution < -0.4 is 4.74 Å². The standard InChI is InChI=1S/C21H28O3.C14H12O4/c1-3-20(23)24-19-9-8-18-17-6-4-13-12-14(22)5-7-15(13)16(17)10-11-21(18,19)2;1-18-9-6-7-11(13(16)8-9)14(17)10-4-2-3-5-12(10)15/h5,7,12,16-19,22H,3-4,6,8-11H2,1-2H3;2-8,15-16H,1H3. The molecule has 3 aliphatic carbocycles. The molecule has 0 amide bonds. The molecule has 5 atom stereocenters. The lowest BCUT2D eigenvalue weighted by molar-refractivity contribution is -0.157. The maximum absolute atomic E-state index is 12.1. The molecule has 0 radical (unpaired) electrons. The summed E-state index contributed by atoms with van der Waals surface area (Å²) >= 11 is 0. The van der Waals surface area contributed by atoms with Crippen LogP contribution in [0.15, 0.2) is 60.7 Å². The summed E-state index contributed by atoms with van der Waals surface area (Å²) in [4.78, 5) is 23.9. The van der Waals surface area contributed by atoms with Crippen LogP contribution in [0.3, 0.4) is 0 Å². The van der Waals surface area contributed by atoms with E-state index in [1.54, 1.807) is 18.2 Å². The molecule has 0 saturated heterocycles. The summed E-state index contributed by atoms with van der Waals surface area (Å²) in [7, 11) is 1.47. The van der Waals surface area contributed by atoms with Crippen LogP contribution in [0, 0.1) is 17.3 Å². The van der Waals surface area contributed by atoms with Crippen LogP contribution in [0.5, 0.6) is 23.0 Å². The molecule has 3 aromatic carbocycles. The summed E-state index contributed by atoms with van der Waals surface area (Å²) in [5, 5.41) is 29.1. The minimum atomic E-state index is -0.437. The van der Waals surface area contributed by atoms with Crippen molar-refractivity contribution in [3.05, 3.63) is 82.9 Å². The van der Waals surface area contributed by atoms with Gasteiger partial charge in [-0.3, -0.25) is 9.59 Å². The molecule has 5 unspecified atom stereocenters. The maximum atomic E-state index is 12.1. The smallest absolute Gasteiger partial charge is 0.305 e. The van der Waals surface area contributed by atoms with Gasteiger partial charge in [-0.25, -0.2) is 0 Å². The number of hydrogen-bond acceptors (Lipinski definition) is 7. The highest BCUT2D eigenvalue weighted by Gasteiger charge is 2.56. The minimum Gasteiger partial charge on any atom is -0.508 e. The number of phenols is 3. The number of carbonyl (C=O) groups excluding carboxylic acids is 2. The topological polar surface area (TPSA) is 113 Å². The second kappa shape index (κ2) is 12.1. The lowest BCUT2D eigenvalue weighted by Gasteiger charge is -2.50. The quantitative estimate of drug-likeness (QED) is 0.225. The summed E-state index contributed by atoms with van der Waals surface area (Å²) < 4.78 is 10.8. The lowest BCUT2D eigenvalue weighted by Crippen LogP contribution is -2.45. The van der Waals surface area contributed by atoms with Crippen LogP contribution in [0.4, 0.5) is 0 Å². The molecule has 0 spiro atoms. The maximum Gasteiger partial charge on any atom is 0.305 e. The number of para-hydroxylation sites is 1. The second-order valence-corrected chi connectivity index (χ2v) is 12.0. The number of ketones is 1. The Morgan fingerprint density at radius 2 is 1.67 bits per heavy atom. The van der Waals surface area contributed by atoms with Crippen molar-refractivity contribution in [2.75, 3.05) is 7.11 Å². The van der Waals surface area contributed by atoms with E-state index in [1.807, 2.05) is 19.1 Å². The molecule has 3 N–H and O–H groups in total. The van der Waals surface area contributed by atoms with Gasteiger partial charge in [0, 0.05) is 17.9 Å². The van der Waals surface area contributed by atoms with E-state index in [0.29, 0.717) is 35.7 Å². The molecular formula is C35H40O7. The average molecular weight is 573 g/mol. The number of esters is 1. The number of aromatic hydroxyl groups is 3. The van der Waals surface area contributed by atoms with Gasteiger partial charge in [-0.05, 0) is 104 Å². The van der Waals surface area contributed by atoms with Crippen LogP contribution >= 0.6 is 0 Å². The number of carbonyl (C=O) groups is 2. The van der Waals surface area contributed by atoms with E-state index in [0.717, 1.165) is 19.3 Å². The van der Waals surface area contributed by atoms with Gasteiger partial charge in [0.15, 0.2) is 5.78 Å². The first kappa shape index (κ1) is 29.5. The predicted octanol–water partition coefficient (Wildman–Crippen LogP) is 6.91. The van der Waals surface area contributed by atoms with E-state index in [9.17, 15) is 24.9 Å². The highest BCUT2D eigenvalue weighted by Crippen LogP contribution is 2.61. The molecule has 2 saturated carbocycles. The van der Waals surface area contributed by atoms with Gasteiger partial charge in [-0.1, -0.05) is 32.0 Å². The van der Waals surface area contributed by atoms with Crippen molar-refractivity contribution < 1.29 is 34.4 Å². The highest BCUT2D eigenvalue weighted by atomic mass is 16.5. The van der Waals surface area contributed by atoms with Crippen molar-refractivity contribution in [1.82, 2.24) is 0 Å². The Morgan fingerprint density at radius 1 is 0.905 bits per heavy atom. The number of rotatable bonds is 5. The van der Waals surface area contributed by atoms with Crippen LogP contribution in [-0.4, -0.2) is 40.3 Å². The first-order valence-corrected chi connectivity index (χ1v) is 14.9. The third-order valence-corrected chi connectivity index (χ3v) is 9.78. The third kappa shape index (κ3) is 5.57. The molecule has 222 valence electrons. The van der Waals surface area contributed by atoms with Crippen molar-refractivity contribution in [3.63, 3.8) is 0 Å². The lowest BCUT2D eigenvalue weighted by atomic mass is 9.55. The molecule has 0 aliphatic heterocycles. The molecule has 0 aromatic heterocycles. The van der Waals surface area contributed by atoms with Gasteiger partial charge in [-0.2, -0.15) is 0 Å². The van der Waals surface area contributed by atoms with E-state index >= 15 is 0 Å². The van der Waals surface area contributed by atoms with E-state index in [1.165, 1.54) is 61.8 Å². The van der Waals surface area contributed by atoms with Gasteiger partial charge in [0.2, 0.25) is 0 Å².